The minimum absolute atomic E-state index is 0.672. The van der Waals surface area contributed by atoms with Crippen molar-refractivity contribution in [3.8, 4) is 0 Å². The summed E-state index contributed by atoms with van der Waals surface area (Å²) in [6, 6.07) is 0. The van der Waals surface area contributed by atoms with Crippen molar-refractivity contribution in [3.63, 3.8) is 0 Å². The van der Waals surface area contributed by atoms with Gasteiger partial charge in [-0.05, 0) is 12.8 Å². The molecular formula is C11H18N2O. The molecule has 1 aliphatic rings. The maximum atomic E-state index is 10.5. The van der Waals surface area contributed by atoms with Crippen LogP contribution in [0.4, 0.5) is 0 Å². The molecule has 14 heavy (non-hydrogen) atoms. The molecule has 1 heterocycles. The van der Waals surface area contributed by atoms with Gasteiger partial charge >= 0.3 is 0 Å². The Morgan fingerprint density at radius 2 is 1.93 bits per heavy atom. The molecule has 78 valence electrons. The lowest BCUT2D eigenvalue weighted by atomic mass is 9.93. The molecule has 0 aliphatic heterocycles. The molecule has 0 unspecified atom stereocenters. The third-order valence-electron chi connectivity index (χ3n) is 3.17. The average Bonchev–Trinajstić information content (AvgIpc) is 2.46. The molecule has 0 saturated heterocycles. The maximum Gasteiger partial charge on any atom is 0.140 e. The van der Waals surface area contributed by atoms with Gasteiger partial charge in [-0.3, -0.25) is 0 Å². The van der Waals surface area contributed by atoms with E-state index in [1.165, 1.54) is 12.8 Å². The molecule has 1 aromatic rings. The van der Waals surface area contributed by atoms with Crippen LogP contribution in [0, 0.1) is 0 Å². The predicted octanol–water partition coefficient (Wildman–Crippen LogP) is 1.96. The monoisotopic (exact) mass is 194 g/mol. The summed E-state index contributed by atoms with van der Waals surface area (Å²) >= 11 is 0. The minimum atomic E-state index is -0.672. The normalized spacial score (nSPS) is 21.9. The van der Waals surface area contributed by atoms with Crippen molar-refractivity contribution in [2.24, 2.45) is 7.05 Å². The van der Waals surface area contributed by atoms with Crippen molar-refractivity contribution >= 4 is 0 Å². The highest BCUT2D eigenvalue weighted by molar-refractivity contribution is 5.05. The molecule has 0 aromatic carbocycles. The van der Waals surface area contributed by atoms with Crippen molar-refractivity contribution in [1.82, 2.24) is 9.55 Å². The SMILES string of the molecule is Cn1ccnc1C1(O)CCCCCC1. The van der Waals surface area contributed by atoms with Crippen LogP contribution in [-0.2, 0) is 12.6 Å². The summed E-state index contributed by atoms with van der Waals surface area (Å²) in [7, 11) is 1.95. The van der Waals surface area contributed by atoms with Gasteiger partial charge in [0.15, 0.2) is 0 Å². The Kier molecular flexibility index (Phi) is 2.59. The number of aromatic nitrogens is 2. The van der Waals surface area contributed by atoms with Crippen molar-refractivity contribution in [2.75, 3.05) is 0 Å². The zero-order valence-electron chi connectivity index (χ0n) is 8.74. The highest BCUT2D eigenvalue weighted by Gasteiger charge is 2.33. The average molecular weight is 194 g/mol. The molecule has 2 rings (SSSR count). The van der Waals surface area contributed by atoms with E-state index in [1.54, 1.807) is 6.20 Å². The molecule has 3 nitrogen and oxygen atoms in total. The third-order valence-corrected chi connectivity index (χ3v) is 3.17. The van der Waals surface area contributed by atoms with Gasteiger partial charge in [0, 0.05) is 19.4 Å². The zero-order valence-corrected chi connectivity index (χ0v) is 8.74. The van der Waals surface area contributed by atoms with Gasteiger partial charge in [-0.1, -0.05) is 25.7 Å². The van der Waals surface area contributed by atoms with Gasteiger partial charge in [-0.2, -0.15) is 0 Å². The van der Waals surface area contributed by atoms with E-state index >= 15 is 0 Å². The molecule has 1 aliphatic carbocycles. The smallest absolute Gasteiger partial charge is 0.140 e. The van der Waals surface area contributed by atoms with E-state index in [9.17, 15) is 5.11 Å². The van der Waals surface area contributed by atoms with E-state index < -0.39 is 5.60 Å². The molecule has 0 bridgehead atoms. The van der Waals surface area contributed by atoms with E-state index in [0.29, 0.717) is 0 Å². The summed E-state index contributed by atoms with van der Waals surface area (Å²) in [4.78, 5) is 4.27. The van der Waals surface area contributed by atoms with Crippen molar-refractivity contribution in [2.45, 2.75) is 44.1 Å². The van der Waals surface area contributed by atoms with Gasteiger partial charge in [0.1, 0.15) is 11.4 Å². The second-order valence-electron chi connectivity index (χ2n) is 4.31. The number of aliphatic hydroxyl groups is 1. The number of hydrogen-bond donors (Lipinski definition) is 1. The number of hydrogen-bond acceptors (Lipinski definition) is 2. The lowest BCUT2D eigenvalue weighted by Gasteiger charge is -2.25. The van der Waals surface area contributed by atoms with E-state index in [1.807, 2.05) is 17.8 Å². The fraction of sp³-hybridized carbons (Fsp3) is 0.727. The fourth-order valence-corrected chi connectivity index (χ4v) is 2.35. The maximum absolute atomic E-state index is 10.5. The molecule has 0 spiro atoms. The summed E-state index contributed by atoms with van der Waals surface area (Å²) in [5.41, 5.74) is -0.672. The van der Waals surface area contributed by atoms with Crippen LogP contribution in [-0.4, -0.2) is 14.7 Å². The van der Waals surface area contributed by atoms with Gasteiger partial charge in [0.2, 0.25) is 0 Å². The molecule has 1 aromatic heterocycles. The first-order valence-corrected chi connectivity index (χ1v) is 5.42. The molecule has 1 saturated carbocycles. The van der Waals surface area contributed by atoms with Crippen LogP contribution in [0.25, 0.3) is 0 Å². The Bertz CT molecular complexity index is 298. The molecule has 3 heteroatoms. The van der Waals surface area contributed by atoms with Crippen LogP contribution in [0.2, 0.25) is 0 Å². The molecule has 1 N–H and O–H groups in total. The summed E-state index contributed by atoms with van der Waals surface area (Å²) < 4.78 is 1.94. The highest BCUT2D eigenvalue weighted by Crippen LogP contribution is 2.34. The standard InChI is InChI=1S/C11H18N2O/c1-13-9-8-12-10(13)11(14)6-4-2-3-5-7-11/h8-9,14H,2-7H2,1H3. The number of aryl methyl sites for hydroxylation is 1. The Hall–Kier alpha value is -0.830. The first kappa shape index (κ1) is 9.71. The Morgan fingerprint density at radius 1 is 1.29 bits per heavy atom. The minimum Gasteiger partial charge on any atom is -0.382 e. The summed E-state index contributed by atoms with van der Waals surface area (Å²) in [6.07, 6.45) is 10.1. The topological polar surface area (TPSA) is 38.0 Å². The lowest BCUT2D eigenvalue weighted by Crippen LogP contribution is -2.28. The fourth-order valence-electron chi connectivity index (χ4n) is 2.35. The van der Waals surface area contributed by atoms with Crippen LogP contribution in [0.5, 0.6) is 0 Å². The summed E-state index contributed by atoms with van der Waals surface area (Å²) in [5.74, 6) is 0.833. The van der Waals surface area contributed by atoms with Gasteiger partial charge in [-0.15, -0.1) is 0 Å². The Balaban J connectivity index is 2.25. The second kappa shape index (κ2) is 3.73. The first-order valence-electron chi connectivity index (χ1n) is 5.42. The Morgan fingerprint density at radius 3 is 2.43 bits per heavy atom. The van der Waals surface area contributed by atoms with Crippen LogP contribution < -0.4 is 0 Å². The molecule has 0 radical (unpaired) electrons. The molecule has 0 atom stereocenters. The summed E-state index contributed by atoms with van der Waals surface area (Å²) in [5, 5.41) is 10.5. The van der Waals surface area contributed by atoms with E-state index in [0.717, 1.165) is 31.5 Å². The lowest BCUT2D eigenvalue weighted by molar-refractivity contribution is 0.00934. The van der Waals surface area contributed by atoms with Gasteiger partial charge in [0.05, 0.1) is 0 Å². The van der Waals surface area contributed by atoms with E-state index in [4.69, 9.17) is 0 Å². The molecule has 0 amide bonds. The van der Waals surface area contributed by atoms with Gasteiger partial charge in [-0.25, -0.2) is 4.98 Å². The predicted molar refractivity (Wildman–Crippen MR) is 54.8 cm³/mol. The van der Waals surface area contributed by atoms with Crippen molar-refractivity contribution in [1.29, 1.82) is 0 Å². The first-order chi connectivity index (χ1) is 6.72. The van der Waals surface area contributed by atoms with Crippen molar-refractivity contribution < 1.29 is 5.11 Å². The highest BCUT2D eigenvalue weighted by atomic mass is 16.3. The van der Waals surface area contributed by atoms with Gasteiger partial charge in [0.25, 0.3) is 0 Å². The largest absolute Gasteiger partial charge is 0.382 e. The Labute approximate surface area is 84.8 Å². The van der Waals surface area contributed by atoms with Crippen molar-refractivity contribution in [3.05, 3.63) is 18.2 Å². The summed E-state index contributed by atoms with van der Waals surface area (Å²) in [6.45, 7) is 0. The van der Waals surface area contributed by atoms with E-state index in [2.05, 4.69) is 4.98 Å². The second-order valence-corrected chi connectivity index (χ2v) is 4.31. The third kappa shape index (κ3) is 1.69. The molecule has 1 fully saturated rings. The number of nitrogens with zero attached hydrogens (tertiary/aromatic N) is 2. The van der Waals surface area contributed by atoms with Crippen LogP contribution in [0.15, 0.2) is 12.4 Å². The molecular weight excluding hydrogens is 176 g/mol. The van der Waals surface area contributed by atoms with Crippen LogP contribution in [0.1, 0.15) is 44.3 Å². The van der Waals surface area contributed by atoms with Crippen LogP contribution >= 0.6 is 0 Å². The number of rotatable bonds is 1. The van der Waals surface area contributed by atoms with E-state index in [-0.39, 0.29) is 0 Å². The quantitative estimate of drug-likeness (QED) is 0.694. The zero-order chi connectivity index (χ0) is 10.0. The number of imidazole rings is 1. The van der Waals surface area contributed by atoms with Gasteiger partial charge < -0.3 is 9.67 Å². The van der Waals surface area contributed by atoms with Crippen LogP contribution in [0.3, 0.4) is 0 Å².